The Hall–Kier alpha value is -1.51. The van der Waals surface area contributed by atoms with E-state index in [0.29, 0.717) is 0 Å². The number of anilines is 1. The Morgan fingerprint density at radius 3 is 2.16 bits per heavy atom. The summed E-state index contributed by atoms with van der Waals surface area (Å²) < 4.78 is 0. The van der Waals surface area contributed by atoms with Crippen LogP contribution in [0.3, 0.4) is 0 Å². The molecule has 0 saturated carbocycles. The fourth-order valence-electron chi connectivity index (χ4n) is 2.23. The molecule has 0 heterocycles. The van der Waals surface area contributed by atoms with Gasteiger partial charge >= 0.3 is 0 Å². The molecule has 3 nitrogen and oxygen atoms in total. The molecule has 19 heavy (non-hydrogen) atoms. The molecule has 0 radical (unpaired) electrons. The highest BCUT2D eigenvalue weighted by Crippen LogP contribution is 2.22. The van der Waals surface area contributed by atoms with Gasteiger partial charge in [-0.05, 0) is 43.5 Å². The summed E-state index contributed by atoms with van der Waals surface area (Å²) in [6, 6.07) is 6.08. The summed E-state index contributed by atoms with van der Waals surface area (Å²) in [6.07, 6.45) is 4.87. The van der Waals surface area contributed by atoms with Crippen molar-refractivity contribution in [1.82, 2.24) is 0 Å². The average Bonchev–Trinajstić information content (AvgIpc) is 2.39. The number of hydrogen-bond donors (Lipinski definition) is 2. The maximum Gasteiger partial charge on any atom is 0.122 e. The van der Waals surface area contributed by atoms with Crippen LogP contribution in [0.4, 0.5) is 5.69 Å². The second-order valence-corrected chi connectivity index (χ2v) is 5.11. The second kappa shape index (κ2) is 7.82. The number of nitrogens with zero attached hydrogens (tertiary/aromatic N) is 1. The summed E-state index contributed by atoms with van der Waals surface area (Å²) >= 11 is 0. The number of nitrogens with two attached hydrogens (primary N) is 1. The molecule has 0 aliphatic heterocycles. The molecule has 0 amide bonds. The van der Waals surface area contributed by atoms with Gasteiger partial charge in [-0.25, -0.2) is 0 Å². The van der Waals surface area contributed by atoms with E-state index < -0.39 is 0 Å². The minimum Gasteiger partial charge on any atom is -0.384 e. The van der Waals surface area contributed by atoms with Crippen molar-refractivity contribution in [2.45, 2.75) is 46.5 Å². The first kappa shape index (κ1) is 15.5. The fraction of sp³-hybridized carbons (Fsp3) is 0.562. The summed E-state index contributed by atoms with van der Waals surface area (Å²) in [5.41, 5.74) is 8.84. The van der Waals surface area contributed by atoms with E-state index in [4.69, 9.17) is 11.1 Å². The Bertz CT molecular complexity index is 404. The first-order valence-corrected chi connectivity index (χ1v) is 7.30. The van der Waals surface area contributed by atoms with Gasteiger partial charge < -0.3 is 10.6 Å². The first-order valence-electron chi connectivity index (χ1n) is 7.30. The molecule has 0 atom stereocenters. The maximum atomic E-state index is 7.50. The van der Waals surface area contributed by atoms with Gasteiger partial charge in [-0.15, -0.1) is 0 Å². The van der Waals surface area contributed by atoms with Gasteiger partial charge in [0.15, 0.2) is 0 Å². The van der Waals surface area contributed by atoms with Gasteiger partial charge in [0.25, 0.3) is 0 Å². The van der Waals surface area contributed by atoms with Crippen LogP contribution < -0.4 is 10.6 Å². The third-order valence-electron chi connectivity index (χ3n) is 3.41. The highest BCUT2D eigenvalue weighted by Gasteiger charge is 2.09. The predicted octanol–water partition coefficient (Wildman–Crippen LogP) is 3.69. The molecule has 1 rings (SSSR count). The Kier molecular flexibility index (Phi) is 6.40. The molecule has 3 N–H and O–H groups in total. The van der Waals surface area contributed by atoms with Gasteiger partial charge in [0.2, 0.25) is 0 Å². The van der Waals surface area contributed by atoms with Crippen molar-refractivity contribution in [2.24, 2.45) is 5.73 Å². The van der Waals surface area contributed by atoms with Crippen molar-refractivity contribution in [3.63, 3.8) is 0 Å². The van der Waals surface area contributed by atoms with Gasteiger partial charge in [-0.1, -0.05) is 26.7 Å². The topological polar surface area (TPSA) is 53.1 Å². The van der Waals surface area contributed by atoms with Crippen LogP contribution in [0.1, 0.15) is 50.7 Å². The average molecular weight is 261 g/mol. The SMILES string of the molecule is CCCCN(CCCC)c1ccc(C(=N)N)cc1C. The standard InChI is InChI=1S/C16H27N3/c1-4-6-10-19(11-7-5-2)15-9-8-14(16(17)18)12-13(15)3/h8-9,12H,4-7,10-11H2,1-3H3,(H3,17,18). The van der Waals surface area contributed by atoms with Crippen LogP contribution in [-0.2, 0) is 0 Å². The third kappa shape index (κ3) is 4.58. The Balaban J connectivity index is 2.90. The molecule has 0 aliphatic carbocycles. The molecule has 0 fully saturated rings. The molecule has 0 aromatic heterocycles. The summed E-state index contributed by atoms with van der Waals surface area (Å²) in [7, 11) is 0. The third-order valence-corrected chi connectivity index (χ3v) is 3.41. The van der Waals surface area contributed by atoms with E-state index in [0.717, 1.165) is 18.7 Å². The van der Waals surface area contributed by atoms with Crippen molar-refractivity contribution in [3.05, 3.63) is 29.3 Å². The minimum atomic E-state index is 0.142. The van der Waals surface area contributed by atoms with Gasteiger partial charge in [0, 0.05) is 24.3 Å². The summed E-state index contributed by atoms with van der Waals surface area (Å²) in [6.45, 7) is 8.77. The number of nitrogen functional groups attached to an aromatic ring is 1. The van der Waals surface area contributed by atoms with Gasteiger partial charge in [0.1, 0.15) is 5.84 Å². The van der Waals surface area contributed by atoms with Crippen LogP contribution in [-0.4, -0.2) is 18.9 Å². The summed E-state index contributed by atoms with van der Waals surface area (Å²) in [5, 5.41) is 7.50. The Morgan fingerprint density at radius 1 is 1.16 bits per heavy atom. The number of benzene rings is 1. The molecule has 3 heteroatoms. The number of hydrogen-bond acceptors (Lipinski definition) is 2. The Morgan fingerprint density at radius 2 is 1.74 bits per heavy atom. The number of nitrogens with one attached hydrogen (secondary N) is 1. The van der Waals surface area contributed by atoms with Crippen molar-refractivity contribution >= 4 is 11.5 Å². The Labute approximate surface area is 117 Å². The van der Waals surface area contributed by atoms with Crippen molar-refractivity contribution in [1.29, 1.82) is 5.41 Å². The largest absolute Gasteiger partial charge is 0.384 e. The zero-order chi connectivity index (χ0) is 14.3. The van der Waals surface area contributed by atoms with E-state index in [-0.39, 0.29) is 5.84 Å². The van der Waals surface area contributed by atoms with Crippen LogP contribution in [0.15, 0.2) is 18.2 Å². The lowest BCUT2D eigenvalue weighted by atomic mass is 10.1. The highest BCUT2D eigenvalue weighted by atomic mass is 15.1. The summed E-state index contributed by atoms with van der Waals surface area (Å²) in [5.74, 6) is 0.142. The van der Waals surface area contributed by atoms with Gasteiger partial charge in [-0.3, -0.25) is 5.41 Å². The number of aryl methyl sites for hydroxylation is 1. The summed E-state index contributed by atoms with van der Waals surface area (Å²) in [4.78, 5) is 2.46. The van der Waals surface area contributed by atoms with Crippen LogP contribution >= 0.6 is 0 Å². The lowest BCUT2D eigenvalue weighted by Gasteiger charge is -2.26. The van der Waals surface area contributed by atoms with E-state index in [1.807, 2.05) is 12.1 Å². The van der Waals surface area contributed by atoms with Crippen LogP contribution in [0, 0.1) is 12.3 Å². The van der Waals surface area contributed by atoms with Gasteiger partial charge in [0.05, 0.1) is 0 Å². The first-order chi connectivity index (χ1) is 9.10. The van der Waals surface area contributed by atoms with Crippen LogP contribution in [0.25, 0.3) is 0 Å². The molecule has 0 unspecified atom stereocenters. The normalized spacial score (nSPS) is 10.5. The van der Waals surface area contributed by atoms with Gasteiger partial charge in [-0.2, -0.15) is 0 Å². The monoisotopic (exact) mass is 261 g/mol. The van der Waals surface area contributed by atoms with Crippen molar-refractivity contribution in [2.75, 3.05) is 18.0 Å². The van der Waals surface area contributed by atoms with Crippen molar-refractivity contribution < 1.29 is 0 Å². The molecule has 0 spiro atoms. The highest BCUT2D eigenvalue weighted by molar-refractivity contribution is 5.95. The van der Waals surface area contributed by atoms with Crippen LogP contribution in [0.5, 0.6) is 0 Å². The molecule has 0 aliphatic rings. The zero-order valence-corrected chi connectivity index (χ0v) is 12.5. The molecule has 0 saturated heterocycles. The van der Waals surface area contributed by atoms with E-state index in [1.54, 1.807) is 0 Å². The van der Waals surface area contributed by atoms with E-state index in [9.17, 15) is 0 Å². The fourth-order valence-corrected chi connectivity index (χ4v) is 2.23. The molecule has 0 bridgehead atoms. The van der Waals surface area contributed by atoms with E-state index in [1.165, 1.54) is 36.9 Å². The molecule has 1 aromatic rings. The smallest absolute Gasteiger partial charge is 0.122 e. The quantitative estimate of drug-likeness (QED) is 0.554. The number of unbranched alkanes of at least 4 members (excludes halogenated alkanes) is 2. The lowest BCUT2D eigenvalue weighted by Crippen LogP contribution is -2.26. The lowest BCUT2D eigenvalue weighted by molar-refractivity contribution is 0.676. The van der Waals surface area contributed by atoms with Crippen molar-refractivity contribution in [3.8, 4) is 0 Å². The van der Waals surface area contributed by atoms with E-state index in [2.05, 4.69) is 31.7 Å². The predicted molar refractivity (Wildman–Crippen MR) is 84.2 cm³/mol. The molecule has 106 valence electrons. The van der Waals surface area contributed by atoms with E-state index >= 15 is 0 Å². The number of amidine groups is 1. The zero-order valence-electron chi connectivity index (χ0n) is 12.5. The molecular weight excluding hydrogens is 234 g/mol. The number of rotatable bonds is 8. The maximum absolute atomic E-state index is 7.50. The minimum absolute atomic E-state index is 0.142. The van der Waals surface area contributed by atoms with Crippen LogP contribution in [0.2, 0.25) is 0 Å². The second-order valence-electron chi connectivity index (χ2n) is 5.11. The molecule has 1 aromatic carbocycles. The molecular formula is C16H27N3.